The van der Waals surface area contributed by atoms with Crippen LogP contribution >= 0.6 is 12.2 Å². The molecule has 3 heterocycles. The number of aromatic amines is 1. The maximum Gasteiger partial charge on any atom is 0.453 e. The van der Waals surface area contributed by atoms with Crippen molar-refractivity contribution in [2.24, 2.45) is 7.05 Å². The second-order valence-electron chi connectivity index (χ2n) is 6.51. The van der Waals surface area contributed by atoms with E-state index in [0.717, 1.165) is 10.3 Å². The van der Waals surface area contributed by atoms with Crippen molar-refractivity contribution in [3.63, 3.8) is 0 Å². The Hall–Kier alpha value is -2.83. The Morgan fingerprint density at radius 3 is 2.59 bits per heavy atom. The number of aryl methyl sites for hydroxylation is 2. The van der Waals surface area contributed by atoms with Crippen LogP contribution in [-0.4, -0.2) is 46.8 Å². The smallest absolute Gasteiger partial charge is 0.356 e. The van der Waals surface area contributed by atoms with E-state index in [4.69, 9.17) is 12.2 Å². The first-order chi connectivity index (χ1) is 13.6. The standard InChI is InChI=1S/C16H19F3N8OS/c1-8-10(9(2)27-14(21-8)22-13(25-27)16(17,18)19)4-5-12(28)20-7-6-11-23-24-15(29)26(11)3/h4-7H2,1-3H3,(H,20,28)(H,24,29). The Labute approximate surface area is 168 Å². The zero-order valence-electron chi connectivity index (χ0n) is 16.0. The van der Waals surface area contributed by atoms with Gasteiger partial charge in [-0.1, -0.05) is 0 Å². The first-order valence-corrected chi connectivity index (χ1v) is 9.15. The predicted octanol–water partition coefficient (Wildman–Crippen LogP) is 1.84. The van der Waals surface area contributed by atoms with Gasteiger partial charge in [-0.3, -0.25) is 9.89 Å². The number of amides is 1. The highest BCUT2D eigenvalue weighted by Gasteiger charge is 2.36. The van der Waals surface area contributed by atoms with Gasteiger partial charge < -0.3 is 9.88 Å². The number of nitrogens with zero attached hydrogens (tertiary/aromatic N) is 6. The van der Waals surface area contributed by atoms with Gasteiger partial charge in [0.05, 0.1) is 0 Å². The average Bonchev–Trinajstić information content (AvgIpc) is 3.20. The second kappa shape index (κ2) is 7.89. The van der Waals surface area contributed by atoms with Crippen LogP contribution in [-0.2, 0) is 30.9 Å². The molecule has 0 spiro atoms. The number of hydrogen-bond donors (Lipinski definition) is 2. The summed E-state index contributed by atoms with van der Waals surface area (Å²) in [6, 6.07) is 0. The van der Waals surface area contributed by atoms with Crippen molar-refractivity contribution in [2.45, 2.75) is 39.3 Å². The summed E-state index contributed by atoms with van der Waals surface area (Å²) in [4.78, 5) is 19.7. The Morgan fingerprint density at radius 1 is 1.24 bits per heavy atom. The average molecular weight is 428 g/mol. The highest BCUT2D eigenvalue weighted by molar-refractivity contribution is 7.71. The lowest BCUT2D eigenvalue weighted by atomic mass is 10.1. The molecule has 9 nitrogen and oxygen atoms in total. The molecule has 1 amide bonds. The second-order valence-corrected chi connectivity index (χ2v) is 6.90. The van der Waals surface area contributed by atoms with E-state index in [0.29, 0.717) is 41.1 Å². The fourth-order valence-corrected chi connectivity index (χ4v) is 3.09. The maximum absolute atomic E-state index is 12.8. The van der Waals surface area contributed by atoms with E-state index in [9.17, 15) is 18.0 Å². The molecule has 2 N–H and O–H groups in total. The summed E-state index contributed by atoms with van der Waals surface area (Å²) >= 11 is 5.03. The van der Waals surface area contributed by atoms with Gasteiger partial charge in [-0.15, -0.1) is 5.10 Å². The third-order valence-corrected chi connectivity index (χ3v) is 4.91. The van der Waals surface area contributed by atoms with Crippen molar-refractivity contribution in [3.05, 3.63) is 33.4 Å². The highest BCUT2D eigenvalue weighted by Crippen LogP contribution is 2.27. The molecule has 0 radical (unpaired) electrons. The van der Waals surface area contributed by atoms with Gasteiger partial charge in [-0.25, -0.2) is 9.50 Å². The molecule has 0 aliphatic heterocycles. The molecule has 29 heavy (non-hydrogen) atoms. The minimum Gasteiger partial charge on any atom is -0.356 e. The lowest BCUT2D eigenvalue weighted by Crippen LogP contribution is -2.26. The summed E-state index contributed by atoms with van der Waals surface area (Å²) in [6.07, 6.45) is -3.65. The third kappa shape index (κ3) is 4.44. The molecule has 0 aromatic carbocycles. The number of aromatic nitrogens is 7. The topological polar surface area (TPSA) is 106 Å². The Bertz CT molecular complexity index is 1110. The normalized spacial score (nSPS) is 11.9. The first kappa shape index (κ1) is 20.9. The van der Waals surface area contributed by atoms with Crippen molar-refractivity contribution < 1.29 is 18.0 Å². The van der Waals surface area contributed by atoms with Crippen LogP contribution in [0.5, 0.6) is 0 Å². The zero-order chi connectivity index (χ0) is 21.3. The minimum atomic E-state index is -4.65. The molecule has 0 bridgehead atoms. The van der Waals surface area contributed by atoms with Crippen LogP contribution in [0.1, 0.15) is 35.0 Å². The maximum atomic E-state index is 12.8. The SMILES string of the molecule is Cc1nc2nc(C(F)(F)F)nn2c(C)c1CCC(=O)NCCc1n[nH]c(=S)n1C. The molecule has 3 aromatic rings. The Kier molecular flexibility index (Phi) is 5.68. The largest absolute Gasteiger partial charge is 0.453 e. The molecular weight excluding hydrogens is 409 g/mol. The molecule has 0 aliphatic rings. The van der Waals surface area contributed by atoms with E-state index in [-0.39, 0.29) is 18.1 Å². The summed E-state index contributed by atoms with van der Waals surface area (Å²) < 4.78 is 41.8. The molecule has 0 saturated heterocycles. The monoisotopic (exact) mass is 428 g/mol. The molecular formula is C16H19F3N8OS. The lowest BCUT2D eigenvalue weighted by molar-refractivity contribution is -0.144. The highest BCUT2D eigenvalue weighted by atomic mass is 32.1. The number of fused-ring (bicyclic) bond motifs is 1. The Balaban J connectivity index is 1.64. The molecule has 0 unspecified atom stereocenters. The summed E-state index contributed by atoms with van der Waals surface area (Å²) in [5.74, 6) is -0.816. The van der Waals surface area contributed by atoms with Crippen molar-refractivity contribution in [2.75, 3.05) is 6.54 Å². The van der Waals surface area contributed by atoms with Gasteiger partial charge in [-0.05, 0) is 38.0 Å². The van der Waals surface area contributed by atoms with Gasteiger partial charge in [-0.2, -0.15) is 23.3 Å². The van der Waals surface area contributed by atoms with Crippen LogP contribution in [0.4, 0.5) is 13.2 Å². The summed E-state index contributed by atoms with van der Waals surface area (Å²) in [5, 5.41) is 13.0. The lowest BCUT2D eigenvalue weighted by Gasteiger charge is -2.10. The van der Waals surface area contributed by atoms with Crippen LogP contribution in [0, 0.1) is 18.6 Å². The molecule has 3 aromatic heterocycles. The van der Waals surface area contributed by atoms with E-state index < -0.39 is 12.0 Å². The number of H-pyrrole nitrogens is 1. The fraction of sp³-hybridized carbons (Fsp3) is 0.500. The quantitative estimate of drug-likeness (QED) is 0.581. The van der Waals surface area contributed by atoms with Crippen molar-refractivity contribution in [1.29, 1.82) is 0 Å². The van der Waals surface area contributed by atoms with Gasteiger partial charge in [0.1, 0.15) is 5.82 Å². The first-order valence-electron chi connectivity index (χ1n) is 8.75. The number of carbonyl (C=O) groups excluding carboxylic acids is 1. The summed E-state index contributed by atoms with van der Waals surface area (Å²) in [5.41, 5.74) is 1.66. The van der Waals surface area contributed by atoms with Crippen LogP contribution in [0.15, 0.2) is 0 Å². The number of carbonyl (C=O) groups is 1. The van der Waals surface area contributed by atoms with Gasteiger partial charge in [0, 0.05) is 37.8 Å². The Morgan fingerprint density at radius 2 is 1.97 bits per heavy atom. The molecule has 0 saturated carbocycles. The number of nitrogens with one attached hydrogen (secondary N) is 2. The van der Waals surface area contributed by atoms with E-state index >= 15 is 0 Å². The molecule has 0 aliphatic carbocycles. The van der Waals surface area contributed by atoms with Gasteiger partial charge >= 0.3 is 6.18 Å². The summed E-state index contributed by atoms with van der Waals surface area (Å²) in [6.45, 7) is 3.69. The minimum absolute atomic E-state index is 0.117. The van der Waals surface area contributed by atoms with Gasteiger partial charge in [0.15, 0.2) is 4.77 Å². The van der Waals surface area contributed by atoms with Crippen LogP contribution in [0.25, 0.3) is 5.78 Å². The summed E-state index contributed by atoms with van der Waals surface area (Å²) in [7, 11) is 1.78. The van der Waals surface area contributed by atoms with Crippen LogP contribution < -0.4 is 5.32 Å². The molecule has 0 fully saturated rings. The van der Waals surface area contributed by atoms with Crippen LogP contribution in [0.3, 0.4) is 0 Å². The van der Waals surface area contributed by atoms with Crippen LogP contribution in [0.2, 0.25) is 0 Å². The van der Waals surface area contributed by atoms with E-state index in [2.05, 4.69) is 30.6 Å². The fourth-order valence-electron chi connectivity index (χ4n) is 2.93. The zero-order valence-corrected chi connectivity index (χ0v) is 16.8. The van der Waals surface area contributed by atoms with Gasteiger partial charge in [0.2, 0.25) is 5.91 Å². The molecule has 3 rings (SSSR count). The number of halogens is 3. The third-order valence-electron chi connectivity index (χ3n) is 4.55. The predicted molar refractivity (Wildman–Crippen MR) is 98.7 cm³/mol. The number of rotatable bonds is 6. The van der Waals surface area contributed by atoms with E-state index in [1.165, 1.54) is 0 Å². The van der Waals surface area contributed by atoms with E-state index in [1.807, 2.05) is 0 Å². The molecule has 0 atom stereocenters. The number of hydrogen-bond acceptors (Lipinski definition) is 6. The van der Waals surface area contributed by atoms with Crippen molar-refractivity contribution in [1.82, 2.24) is 39.7 Å². The molecule has 13 heteroatoms. The number of alkyl halides is 3. The van der Waals surface area contributed by atoms with Crippen molar-refractivity contribution in [3.8, 4) is 0 Å². The van der Waals surface area contributed by atoms with E-state index in [1.54, 1.807) is 25.5 Å². The van der Waals surface area contributed by atoms with Crippen molar-refractivity contribution >= 4 is 23.9 Å². The molecule has 156 valence electrons. The van der Waals surface area contributed by atoms with Gasteiger partial charge in [0.25, 0.3) is 11.6 Å².